The van der Waals surface area contributed by atoms with Crippen molar-refractivity contribution in [2.75, 3.05) is 24.2 Å². The van der Waals surface area contributed by atoms with Crippen LogP contribution < -0.4 is 27.2 Å². The van der Waals surface area contributed by atoms with E-state index in [1.54, 1.807) is 18.2 Å². The number of amides is 1. The molecule has 27 heavy (non-hydrogen) atoms. The van der Waals surface area contributed by atoms with Crippen LogP contribution in [0.25, 0.3) is 0 Å². The maximum absolute atomic E-state index is 13.6. The van der Waals surface area contributed by atoms with Crippen LogP contribution in [0.2, 0.25) is 0 Å². The second kappa shape index (κ2) is 9.02. The maximum Gasteiger partial charge on any atom is 0.330 e. The van der Waals surface area contributed by atoms with Crippen molar-refractivity contribution in [3.63, 3.8) is 0 Å². The van der Waals surface area contributed by atoms with E-state index in [9.17, 15) is 18.8 Å². The molecule has 0 saturated carbocycles. The van der Waals surface area contributed by atoms with Crippen molar-refractivity contribution in [2.45, 2.75) is 32.9 Å². The summed E-state index contributed by atoms with van der Waals surface area (Å²) in [5.41, 5.74) is 5.18. The number of carbonyl (C=O) groups excluding carboxylic acids is 1. The lowest BCUT2D eigenvalue weighted by Crippen LogP contribution is -2.41. The Balaban J connectivity index is 2.11. The highest BCUT2D eigenvalue weighted by Crippen LogP contribution is 2.15. The van der Waals surface area contributed by atoms with Gasteiger partial charge in [0.2, 0.25) is 5.91 Å². The number of nitrogens with zero attached hydrogens (tertiary/aromatic N) is 2. The van der Waals surface area contributed by atoms with Crippen LogP contribution in [0.3, 0.4) is 0 Å². The third-order valence-electron chi connectivity index (χ3n) is 4.15. The number of nitrogen functional groups attached to an aromatic ring is 1. The Labute approximate surface area is 155 Å². The highest BCUT2D eigenvalue weighted by atomic mass is 19.1. The van der Waals surface area contributed by atoms with E-state index in [1.807, 2.05) is 6.92 Å². The third kappa shape index (κ3) is 4.96. The molecule has 0 aliphatic heterocycles. The summed E-state index contributed by atoms with van der Waals surface area (Å²) in [5, 5.41) is 2.60. The number of nitrogens with one attached hydrogen (secondary N) is 2. The number of hydrogen-bond acceptors (Lipinski definition) is 5. The van der Waals surface area contributed by atoms with Gasteiger partial charge in [-0.3, -0.25) is 19.1 Å². The molecule has 1 aromatic heterocycles. The fourth-order valence-electron chi connectivity index (χ4n) is 2.67. The Morgan fingerprint density at radius 1 is 1.33 bits per heavy atom. The van der Waals surface area contributed by atoms with Gasteiger partial charge >= 0.3 is 5.69 Å². The number of H-pyrrole nitrogens is 1. The summed E-state index contributed by atoms with van der Waals surface area (Å²) in [7, 11) is 1.53. The molecule has 0 unspecified atom stereocenters. The van der Waals surface area contributed by atoms with E-state index in [-0.39, 0.29) is 24.6 Å². The summed E-state index contributed by atoms with van der Waals surface area (Å²) in [6, 6.07) is 6.13. The molecule has 0 saturated heterocycles. The number of aromatic amines is 1. The Morgan fingerprint density at radius 3 is 2.70 bits per heavy atom. The normalized spacial score (nSPS) is 10.6. The van der Waals surface area contributed by atoms with E-state index >= 15 is 0 Å². The predicted octanol–water partition coefficient (Wildman–Crippen LogP) is 0.811. The lowest BCUT2D eigenvalue weighted by atomic mass is 10.2. The molecule has 8 nitrogen and oxygen atoms in total. The Bertz CT molecular complexity index is 922. The number of hydrogen-bond donors (Lipinski definition) is 3. The number of anilines is 2. The molecule has 0 radical (unpaired) electrons. The minimum Gasteiger partial charge on any atom is -0.383 e. The van der Waals surface area contributed by atoms with Gasteiger partial charge in [-0.15, -0.1) is 0 Å². The van der Waals surface area contributed by atoms with Gasteiger partial charge in [-0.25, -0.2) is 9.18 Å². The first-order valence-corrected chi connectivity index (χ1v) is 8.69. The number of aromatic nitrogens is 2. The van der Waals surface area contributed by atoms with Gasteiger partial charge in [0.05, 0.1) is 6.54 Å². The summed E-state index contributed by atoms with van der Waals surface area (Å²) in [4.78, 5) is 39.9. The number of benzene rings is 1. The lowest BCUT2D eigenvalue weighted by molar-refractivity contribution is -0.119. The number of nitrogens with two attached hydrogens (primary N) is 1. The molecule has 1 amide bonds. The highest BCUT2D eigenvalue weighted by Gasteiger charge is 2.18. The maximum atomic E-state index is 13.6. The number of likely N-dealkylation sites (N-methyl/N-ethyl adjacent to an activating group) is 1. The number of carbonyl (C=O) groups is 1. The molecule has 2 aromatic rings. The minimum atomic E-state index is -0.658. The largest absolute Gasteiger partial charge is 0.383 e. The summed E-state index contributed by atoms with van der Waals surface area (Å²) in [5.74, 6) is -0.803. The molecule has 0 spiro atoms. The van der Waals surface area contributed by atoms with E-state index in [4.69, 9.17) is 5.73 Å². The highest BCUT2D eigenvalue weighted by molar-refractivity contribution is 5.82. The number of rotatable bonds is 8. The Kier molecular flexibility index (Phi) is 6.75. The van der Waals surface area contributed by atoms with Crippen LogP contribution >= 0.6 is 0 Å². The first kappa shape index (κ1) is 20.2. The van der Waals surface area contributed by atoms with Crippen molar-refractivity contribution in [1.82, 2.24) is 14.9 Å². The van der Waals surface area contributed by atoms with Crippen LogP contribution in [-0.2, 0) is 17.9 Å². The smallest absolute Gasteiger partial charge is 0.330 e. The molecular weight excluding hydrogens is 353 g/mol. The van der Waals surface area contributed by atoms with Gasteiger partial charge < -0.3 is 16.0 Å². The van der Waals surface area contributed by atoms with Gasteiger partial charge in [0, 0.05) is 25.7 Å². The number of halogens is 1. The zero-order valence-corrected chi connectivity index (χ0v) is 15.4. The molecular formula is C18H24FN5O3. The van der Waals surface area contributed by atoms with Gasteiger partial charge in [0.15, 0.2) is 0 Å². The summed E-state index contributed by atoms with van der Waals surface area (Å²) < 4.78 is 14.9. The first-order valence-electron chi connectivity index (χ1n) is 8.69. The van der Waals surface area contributed by atoms with Crippen molar-refractivity contribution in [2.24, 2.45) is 0 Å². The first-order chi connectivity index (χ1) is 12.8. The Morgan fingerprint density at radius 2 is 2.04 bits per heavy atom. The van der Waals surface area contributed by atoms with E-state index in [2.05, 4.69) is 10.3 Å². The average Bonchev–Trinajstić information content (AvgIpc) is 2.60. The van der Waals surface area contributed by atoms with Crippen molar-refractivity contribution in [1.29, 1.82) is 0 Å². The molecule has 1 aromatic carbocycles. The minimum absolute atomic E-state index is 0.0154. The summed E-state index contributed by atoms with van der Waals surface area (Å²) in [6.45, 7) is 2.20. The van der Waals surface area contributed by atoms with Gasteiger partial charge in [0.1, 0.15) is 17.3 Å². The third-order valence-corrected chi connectivity index (χ3v) is 4.15. The second-order valence-electron chi connectivity index (χ2n) is 6.22. The summed E-state index contributed by atoms with van der Waals surface area (Å²) in [6.07, 6.45) is 1.58. The van der Waals surface area contributed by atoms with Gasteiger partial charge in [-0.2, -0.15) is 0 Å². The van der Waals surface area contributed by atoms with Crippen molar-refractivity contribution >= 4 is 17.4 Å². The van der Waals surface area contributed by atoms with Crippen LogP contribution in [0.15, 0.2) is 33.9 Å². The zero-order valence-electron chi connectivity index (χ0n) is 15.4. The monoisotopic (exact) mass is 377 g/mol. The fourth-order valence-corrected chi connectivity index (χ4v) is 2.67. The van der Waals surface area contributed by atoms with Gasteiger partial charge in [-0.05, 0) is 12.5 Å². The molecule has 0 fully saturated rings. The van der Waals surface area contributed by atoms with Crippen LogP contribution in [-0.4, -0.2) is 29.1 Å². The molecule has 0 aliphatic carbocycles. The molecule has 4 N–H and O–H groups in total. The average molecular weight is 377 g/mol. The van der Waals surface area contributed by atoms with Crippen LogP contribution in [0.1, 0.15) is 25.3 Å². The van der Waals surface area contributed by atoms with E-state index < -0.39 is 23.0 Å². The molecule has 1 heterocycles. The molecule has 146 valence electrons. The second-order valence-corrected chi connectivity index (χ2v) is 6.22. The van der Waals surface area contributed by atoms with E-state index in [0.717, 1.165) is 12.8 Å². The van der Waals surface area contributed by atoms with Crippen molar-refractivity contribution in [3.8, 4) is 0 Å². The van der Waals surface area contributed by atoms with E-state index in [0.29, 0.717) is 12.1 Å². The SMILES string of the molecule is CCCCn1c(N)c(N(C)CC(=O)NCc2ccccc2F)c(=O)[nH]c1=O. The fraction of sp³-hybridized carbons (Fsp3) is 0.389. The predicted molar refractivity (Wildman–Crippen MR) is 102 cm³/mol. The summed E-state index contributed by atoms with van der Waals surface area (Å²) >= 11 is 0. The van der Waals surface area contributed by atoms with E-state index in [1.165, 1.54) is 22.6 Å². The van der Waals surface area contributed by atoms with Crippen LogP contribution in [0, 0.1) is 5.82 Å². The van der Waals surface area contributed by atoms with Crippen LogP contribution in [0.4, 0.5) is 15.9 Å². The van der Waals surface area contributed by atoms with Crippen molar-refractivity contribution < 1.29 is 9.18 Å². The zero-order chi connectivity index (χ0) is 20.0. The topological polar surface area (TPSA) is 113 Å². The van der Waals surface area contributed by atoms with Crippen molar-refractivity contribution in [3.05, 3.63) is 56.5 Å². The molecule has 2 rings (SSSR count). The molecule has 9 heteroatoms. The Hall–Kier alpha value is -3.10. The quantitative estimate of drug-likeness (QED) is 0.630. The molecule has 0 bridgehead atoms. The molecule has 0 aliphatic rings. The van der Waals surface area contributed by atoms with Crippen LogP contribution in [0.5, 0.6) is 0 Å². The lowest BCUT2D eigenvalue weighted by Gasteiger charge is -2.21. The van der Waals surface area contributed by atoms with Gasteiger partial charge in [-0.1, -0.05) is 31.5 Å². The van der Waals surface area contributed by atoms with Gasteiger partial charge in [0.25, 0.3) is 5.56 Å². The number of unbranched alkanes of at least 4 members (excludes halogenated alkanes) is 1. The molecule has 0 atom stereocenters. The standard InChI is InChI=1S/C18H24FN5O3/c1-3-4-9-24-16(20)15(17(26)22-18(24)27)23(2)11-14(25)21-10-12-7-5-6-8-13(12)19/h5-8H,3-4,9-11,20H2,1-2H3,(H,21,25)(H,22,26,27).